The monoisotopic (exact) mass is 367 g/mol. The maximum absolute atomic E-state index is 12.3. The summed E-state index contributed by atoms with van der Waals surface area (Å²) in [5.74, 6) is -0.0878. The summed E-state index contributed by atoms with van der Waals surface area (Å²) < 4.78 is 15.8. The topological polar surface area (TPSA) is 94.1 Å². The predicted octanol–water partition coefficient (Wildman–Crippen LogP) is 2.65. The van der Waals surface area contributed by atoms with Crippen molar-refractivity contribution in [3.05, 3.63) is 17.7 Å². The zero-order chi connectivity index (χ0) is 19.9. The van der Waals surface area contributed by atoms with Crippen LogP contribution < -0.4 is 19.5 Å². The first-order chi connectivity index (χ1) is 12.1. The van der Waals surface area contributed by atoms with E-state index in [2.05, 4.69) is 5.32 Å². The molecule has 1 unspecified atom stereocenters. The molecule has 146 valence electrons. The van der Waals surface area contributed by atoms with Gasteiger partial charge in [0.05, 0.1) is 27.8 Å². The third-order valence-corrected chi connectivity index (χ3v) is 3.91. The number of carbonyl (C=O) groups excluding carboxylic acids is 1. The molecule has 1 atom stereocenters. The van der Waals surface area contributed by atoms with Crippen LogP contribution in [0, 0.1) is 5.41 Å². The molecule has 1 rings (SSSR count). The van der Waals surface area contributed by atoms with Gasteiger partial charge in [-0.1, -0.05) is 20.8 Å². The van der Waals surface area contributed by atoms with E-state index in [1.54, 1.807) is 12.1 Å². The summed E-state index contributed by atoms with van der Waals surface area (Å²) in [6.45, 7) is 6.09. The lowest BCUT2D eigenvalue weighted by Crippen LogP contribution is -2.42. The van der Waals surface area contributed by atoms with Crippen molar-refractivity contribution in [2.75, 3.05) is 21.3 Å². The lowest BCUT2D eigenvalue weighted by molar-refractivity contribution is -0.142. The van der Waals surface area contributed by atoms with E-state index in [1.165, 1.54) is 21.3 Å². The molecule has 7 nitrogen and oxygen atoms in total. The Labute approximate surface area is 154 Å². The van der Waals surface area contributed by atoms with Gasteiger partial charge in [-0.25, -0.2) is 4.79 Å². The number of aliphatic carboxylic acids is 1. The molecule has 1 aromatic rings. The number of nitrogens with one attached hydrogen (secondary N) is 1. The lowest BCUT2D eigenvalue weighted by Gasteiger charge is -2.21. The van der Waals surface area contributed by atoms with Gasteiger partial charge in [0.25, 0.3) is 0 Å². The van der Waals surface area contributed by atoms with Crippen molar-refractivity contribution in [2.45, 2.75) is 46.1 Å². The summed E-state index contributed by atoms with van der Waals surface area (Å²) in [4.78, 5) is 23.7. The highest BCUT2D eigenvalue weighted by Gasteiger charge is 2.23. The van der Waals surface area contributed by atoms with Crippen LogP contribution in [-0.4, -0.2) is 44.4 Å². The van der Waals surface area contributed by atoms with Gasteiger partial charge in [-0.2, -0.15) is 0 Å². The van der Waals surface area contributed by atoms with Gasteiger partial charge in [-0.3, -0.25) is 4.79 Å². The zero-order valence-corrected chi connectivity index (χ0v) is 16.3. The van der Waals surface area contributed by atoms with Crippen molar-refractivity contribution in [2.24, 2.45) is 5.41 Å². The van der Waals surface area contributed by atoms with Crippen LogP contribution in [0.25, 0.3) is 0 Å². The van der Waals surface area contributed by atoms with Gasteiger partial charge in [0.1, 0.15) is 6.04 Å². The first-order valence-electron chi connectivity index (χ1n) is 8.42. The minimum absolute atomic E-state index is 0.00482. The van der Waals surface area contributed by atoms with E-state index in [0.29, 0.717) is 35.7 Å². The van der Waals surface area contributed by atoms with Gasteiger partial charge < -0.3 is 24.6 Å². The van der Waals surface area contributed by atoms with Gasteiger partial charge in [-0.05, 0) is 36.0 Å². The summed E-state index contributed by atoms with van der Waals surface area (Å²) in [5, 5.41) is 11.9. The number of hydrogen-bond donors (Lipinski definition) is 2. The number of hydrogen-bond acceptors (Lipinski definition) is 5. The Hall–Kier alpha value is -2.44. The number of ether oxygens (including phenoxy) is 3. The van der Waals surface area contributed by atoms with Crippen LogP contribution in [0.5, 0.6) is 17.2 Å². The van der Waals surface area contributed by atoms with Gasteiger partial charge in [0.2, 0.25) is 11.7 Å². The van der Waals surface area contributed by atoms with E-state index >= 15 is 0 Å². The summed E-state index contributed by atoms with van der Waals surface area (Å²) in [6, 6.07) is 2.43. The Morgan fingerprint density at radius 3 is 2.00 bits per heavy atom. The Bertz CT molecular complexity index is 610. The standard InChI is InChI=1S/C19H29NO6/c1-19(2,3)8-7-13(18(22)23)20-16(21)11-12-9-14(24-4)17(26-6)15(10-12)25-5/h9-10,13H,7-8,11H2,1-6H3,(H,20,21)(H,22,23). The van der Waals surface area contributed by atoms with E-state index in [9.17, 15) is 14.7 Å². The number of carboxylic acid groups (broad SMARTS) is 1. The average molecular weight is 367 g/mol. The summed E-state index contributed by atoms with van der Waals surface area (Å²) in [5.41, 5.74) is 0.631. The molecule has 0 spiro atoms. The number of methoxy groups -OCH3 is 3. The molecule has 0 fully saturated rings. The molecule has 0 saturated carbocycles. The smallest absolute Gasteiger partial charge is 0.326 e. The van der Waals surface area contributed by atoms with Crippen LogP contribution in [0.2, 0.25) is 0 Å². The highest BCUT2D eigenvalue weighted by Crippen LogP contribution is 2.38. The van der Waals surface area contributed by atoms with Crippen LogP contribution in [0.15, 0.2) is 12.1 Å². The third kappa shape index (κ3) is 6.46. The molecule has 0 radical (unpaired) electrons. The molecule has 0 aliphatic carbocycles. The number of rotatable bonds is 9. The molecule has 0 aliphatic rings. The Kier molecular flexibility index (Phi) is 7.74. The molecule has 26 heavy (non-hydrogen) atoms. The SMILES string of the molecule is COc1cc(CC(=O)NC(CCC(C)(C)C)C(=O)O)cc(OC)c1OC. The van der Waals surface area contributed by atoms with E-state index in [4.69, 9.17) is 14.2 Å². The normalized spacial score (nSPS) is 12.2. The average Bonchev–Trinajstić information content (AvgIpc) is 2.56. The van der Waals surface area contributed by atoms with E-state index in [1.807, 2.05) is 20.8 Å². The van der Waals surface area contributed by atoms with Crippen LogP contribution >= 0.6 is 0 Å². The van der Waals surface area contributed by atoms with Crippen molar-refractivity contribution in [3.8, 4) is 17.2 Å². The van der Waals surface area contributed by atoms with Crippen LogP contribution in [-0.2, 0) is 16.0 Å². The molecule has 0 aromatic heterocycles. The molecule has 1 amide bonds. The quantitative estimate of drug-likeness (QED) is 0.697. The first kappa shape index (κ1) is 21.6. The van der Waals surface area contributed by atoms with Gasteiger partial charge >= 0.3 is 5.97 Å². The van der Waals surface area contributed by atoms with Gasteiger partial charge in [0, 0.05) is 0 Å². The van der Waals surface area contributed by atoms with E-state index < -0.39 is 12.0 Å². The van der Waals surface area contributed by atoms with Crippen LogP contribution in [0.3, 0.4) is 0 Å². The molecule has 2 N–H and O–H groups in total. The number of carboxylic acids is 1. The summed E-state index contributed by atoms with van der Waals surface area (Å²) in [7, 11) is 4.49. The van der Waals surface area contributed by atoms with Crippen molar-refractivity contribution in [1.82, 2.24) is 5.32 Å². The fraction of sp³-hybridized carbons (Fsp3) is 0.579. The lowest BCUT2D eigenvalue weighted by atomic mass is 9.88. The second-order valence-electron chi connectivity index (χ2n) is 7.27. The van der Waals surface area contributed by atoms with Crippen molar-refractivity contribution >= 4 is 11.9 Å². The maximum atomic E-state index is 12.3. The molecule has 1 aromatic carbocycles. The third-order valence-electron chi connectivity index (χ3n) is 3.91. The fourth-order valence-corrected chi connectivity index (χ4v) is 2.50. The molecule has 0 bridgehead atoms. The largest absolute Gasteiger partial charge is 0.493 e. The summed E-state index contributed by atoms with van der Waals surface area (Å²) >= 11 is 0. The Balaban J connectivity index is 2.87. The minimum atomic E-state index is -1.03. The maximum Gasteiger partial charge on any atom is 0.326 e. The molecule has 7 heteroatoms. The zero-order valence-electron chi connectivity index (χ0n) is 16.3. The summed E-state index contributed by atoms with van der Waals surface area (Å²) in [6.07, 6.45) is 1.07. The first-order valence-corrected chi connectivity index (χ1v) is 8.42. The van der Waals surface area contributed by atoms with E-state index in [-0.39, 0.29) is 17.7 Å². The molecule has 0 saturated heterocycles. The number of carbonyl (C=O) groups is 2. The Morgan fingerprint density at radius 1 is 1.08 bits per heavy atom. The number of benzene rings is 1. The predicted molar refractivity (Wildman–Crippen MR) is 98.1 cm³/mol. The van der Waals surface area contributed by atoms with Crippen molar-refractivity contribution in [3.63, 3.8) is 0 Å². The second kappa shape index (κ2) is 9.31. The second-order valence-corrected chi connectivity index (χ2v) is 7.27. The van der Waals surface area contributed by atoms with Crippen molar-refractivity contribution in [1.29, 1.82) is 0 Å². The highest BCUT2D eigenvalue weighted by molar-refractivity contribution is 5.85. The van der Waals surface area contributed by atoms with Gasteiger partial charge in [0.15, 0.2) is 11.5 Å². The molecule has 0 aliphatic heterocycles. The van der Waals surface area contributed by atoms with E-state index in [0.717, 1.165) is 0 Å². The molecular formula is C19H29NO6. The van der Waals surface area contributed by atoms with Gasteiger partial charge in [-0.15, -0.1) is 0 Å². The molecular weight excluding hydrogens is 338 g/mol. The Morgan fingerprint density at radius 2 is 1.62 bits per heavy atom. The highest BCUT2D eigenvalue weighted by atomic mass is 16.5. The van der Waals surface area contributed by atoms with Crippen LogP contribution in [0.4, 0.5) is 0 Å². The van der Waals surface area contributed by atoms with Crippen molar-refractivity contribution < 1.29 is 28.9 Å². The fourth-order valence-electron chi connectivity index (χ4n) is 2.50. The van der Waals surface area contributed by atoms with Crippen LogP contribution in [0.1, 0.15) is 39.2 Å². The number of amides is 1. The molecule has 0 heterocycles. The minimum Gasteiger partial charge on any atom is -0.493 e.